The van der Waals surface area contributed by atoms with Crippen molar-refractivity contribution in [3.8, 4) is 0 Å². The first kappa shape index (κ1) is 73.7. The van der Waals surface area contributed by atoms with Crippen molar-refractivity contribution in [3.63, 3.8) is 0 Å². The highest BCUT2D eigenvalue weighted by atomic mass is 16.7. The second-order valence-corrected chi connectivity index (χ2v) is 20.5. The summed E-state index contributed by atoms with van der Waals surface area (Å²) in [5.41, 5.74) is 0. The molecule has 0 saturated heterocycles. The molecule has 0 aromatic rings. The molecule has 0 aliphatic rings. The van der Waals surface area contributed by atoms with Crippen molar-refractivity contribution >= 4 is 17.9 Å². The minimum absolute atomic E-state index is 0.129. The molecule has 0 radical (unpaired) electrons. The molecule has 0 fully saturated rings. The van der Waals surface area contributed by atoms with Crippen LogP contribution in [0.3, 0.4) is 0 Å². The van der Waals surface area contributed by atoms with Gasteiger partial charge in [-0.05, 0) is 128 Å². The number of allylic oxidation sites excluding steroid dienone is 28. The summed E-state index contributed by atoms with van der Waals surface area (Å²) < 4.78 is 22.7. The first-order chi connectivity index (χ1) is 38.6. The number of quaternary nitrogens is 1. The van der Waals surface area contributed by atoms with E-state index in [1.807, 2.05) is 21.1 Å². The number of hydrogen-bond donors (Lipinski definition) is 0. The van der Waals surface area contributed by atoms with Gasteiger partial charge in [-0.2, -0.15) is 0 Å². The van der Waals surface area contributed by atoms with Crippen molar-refractivity contribution in [2.45, 2.75) is 206 Å². The first-order valence-electron chi connectivity index (χ1n) is 30.3. The molecular formula is C70H109NO8. The Labute approximate surface area is 482 Å². The number of carboxylic acid groups (broad SMARTS) is 1. The smallest absolute Gasteiger partial charge is 0.306 e. The quantitative estimate of drug-likeness (QED) is 0.0195. The molecule has 0 N–H and O–H groups in total. The van der Waals surface area contributed by atoms with E-state index in [1.165, 1.54) is 0 Å². The fraction of sp³-hybridized carbons (Fsp3) is 0.557. The molecule has 0 saturated carbocycles. The predicted octanol–water partition coefficient (Wildman–Crippen LogP) is 17.0. The normalized spacial score (nSPS) is 14.0. The van der Waals surface area contributed by atoms with E-state index in [0.717, 1.165) is 154 Å². The molecule has 0 aromatic carbocycles. The summed E-state index contributed by atoms with van der Waals surface area (Å²) in [5, 5.41) is 11.8. The number of carbonyl (C=O) groups excluding carboxylic acids is 3. The zero-order valence-electron chi connectivity index (χ0n) is 50.2. The number of carboxylic acids is 1. The Hall–Kier alpha value is -5.35. The molecule has 79 heavy (non-hydrogen) atoms. The van der Waals surface area contributed by atoms with Crippen LogP contribution in [0.25, 0.3) is 0 Å². The maximum Gasteiger partial charge on any atom is 0.306 e. The fourth-order valence-corrected chi connectivity index (χ4v) is 7.38. The monoisotopic (exact) mass is 1090 g/mol. The molecular weight excluding hydrogens is 983 g/mol. The molecule has 442 valence electrons. The van der Waals surface area contributed by atoms with Gasteiger partial charge in [0, 0.05) is 12.8 Å². The third kappa shape index (κ3) is 60.1. The predicted molar refractivity (Wildman–Crippen MR) is 333 cm³/mol. The van der Waals surface area contributed by atoms with E-state index in [-0.39, 0.29) is 32.7 Å². The second kappa shape index (κ2) is 58.8. The lowest BCUT2D eigenvalue weighted by Gasteiger charge is -2.26. The maximum absolute atomic E-state index is 12.9. The maximum atomic E-state index is 12.9. The van der Waals surface area contributed by atoms with Gasteiger partial charge in [-0.3, -0.25) is 9.59 Å². The minimum Gasteiger partial charge on any atom is -0.545 e. The SMILES string of the molecule is CC/C=C\C/C=C\C/C=C\C/C=C\C/C=C\C/C=C\C/C=C\CCCCCCCC(=O)OCC(COC(OCC[N+](C)(C)C)C(=O)[O-])OC(=O)CCCCCCC/C=C\C/C=C\C/C=C\C/C=C\C/C=C\C/C=C\C/C=C\CC. The van der Waals surface area contributed by atoms with Crippen LogP contribution in [-0.4, -0.2) is 82.3 Å². The summed E-state index contributed by atoms with van der Waals surface area (Å²) in [4.78, 5) is 37.4. The fourth-order valence-electron chi connectivity index (χ4n) is 7.38. The van der Waals surface area contributed by atoms with Gasteiger partial charge in [0.15, 0.2) is 12.4 Å². The number of aliphatic carboxylic acids is 1. The van der Waals surface area contributed by atoms with Gasteiger partial charge in [0.25, 0.3) is 0 Å². The topological polar surface area (TPSA) is 111 Å². The van der Waals surface area contributed by atoms with Crippen molar-refractivity contribution in [1.29, 1.82) is 0 Å². The van der Waals surface area contributed by atoms with Crippen molar-refractivity contribution in [2.75, 3.05) is 47.5 Å². The molecule has 0 heterocycles. The summed E-state index contributed by atoms with van der Waals surface area (Å²) in [7, 11) is 5.89. The zero-order chi connectivity index (χ0) is 57.6. The third-order valence-electron chi connectivity index (χ3n) is 12.0. The van der Waals surface area contributed by atoms with Crippen molar-refractivity contribution < 1.29 is 42.9 Å². The first-order valence-corrected chi connectivity index (χ1v) is 30.3. The number of nitrogens with zero attached hydrogens (tertiary/aromatic N) is 1. The molecule has 0 spiro atoms. The largest absolute Gasteiger partial charge is 0.545 e. The Morgan fingerprint density at radius 2 is 0.684 bits per heavy atom. The average Bonchev–Trinajstić information content (AvgIpc) is 3.42. The summed E-state index contributed by atoms with van der Waals surface area (Å²) in [6, 6.07) is 0. The molecule has 0 amide bonds. The standard InChI is InChI=1S/C70H109NO8/c1-6-8-10-12-14-16-18-20-22-24-26-28-30-32-34-36-38-40-42-44-46-48-50-52-54-56-58-60-67(72)77-64-66(65-78-70(69(74)75)76-63-62-71(3,4)5)79-68(73)61-59-57-55-53-51-49-47-45-43-41-39-37-35-33-31-29-27-25-23-21-19-17-15-13-11-9-7-2/h8-11,14-17,20-23,26-29,32-35,38-41,44-47,66,70H,6-7,12-13,18-19,24-25,30-31,36-37,42-43,48-65H2,1-5H3/b10-8-,11-9-,16-14-,17-15-,22-20-,23-21-,28-26-,29-27-,34-32-,35-33-,40-38-,41-39-,46-44-,47-45-. The van der Waals surface area contributed by atoms with Gasteiger partial charge >= 0.3 is 11.9 Å². The summed E-state index contributed by atoms with van der Waals surface area (Å²) in [6.45, 7) is 4.44. The van der Waals surface area contributed by atoms with Gasteiger partial charge in [0.1, 0.15) is 13.2 Å². The van der Waals surface area contributed by atoms with Crippen molar-refractivity contribution in [3.05, 3.63) is 170 Å². The number of carbonyl (C=O) groups is 3. The summed E-state index contributed by atoms with van der Waals surface area (Å²) in [5.74, 6) is -2.36. The van der Waals surface area contributed by atoms with Crippen molar-refractivity contribution in [2.24, 2.45) is 0 Å². The average molecular weight is 1090 g/mol. The molecule has 0 aliphatic heterocycles. The number of ether oxygens (including phenoxy) is 4. The molecule has 0 bridgehead atoms. The number of hydrogen-bond acceptors (Lipinski definition) is 8. The lowest BCUT2D eigenvalue weighted by atomic mass is 10.1. The number of unbranched alkanes of at least 4 members (excludes halogenated alkanes) is 10. The highest BCUT2D eigenvalue weighted by Crippen LogP contribution is 2.13. The lowest BCUT2D eigenvalue weighted by molar-refractivity contribution is -0.870. The highest BCUT2D eigenvalue weighted by Gasteiger charge is 2.22. The van der Waals surface area contributed by atoms with Crippen LogP contribution in [0.15, 0.2) is 170 Å². The Morgan fingerprint density at radius 1 is 0.380 bits per heavy atom. The van der Waals surface area contributed by atoms with E-state index in [2.05, 4.69) is 184 Å². The minimum atomic E-state index is -1.65. The molecule has 2 atom stereocenters. The van der Waals surface area contributed by atoms with Crippen LogP contribution in [0.4, 0.5) is 0 Å². The molecule has 9 nitrogen and oxygen atoms in total. The van der Waals surface area contributed by atoms with Gasteiger partial charge in [-0.25, -0.2) is 0 Å². The van der Waals surface area contributed by atoms with Crippen molar-refractivity contribution in [1.82, 2.24) is 0 Å². The van der Waals surface area contributed by atoms with E-state index >= 15 is 0 Å². The Kier molecular flexibility index (Phi) is 54.8. The third-order valence-corrected chi connectivity index (χ3v) is 12.0. The summed E-state index contributed by atoms with van der Waals surface area (Å²) in [6.07, 6.45) is 85.4. The second-order valence-electron chi connectivity index (χ2n) is 20.5. The van der Waals surface area contributed by atoms with Crippen LogP contribution in [0.5, 0.6) is 0 Å². The summed E-state index contributed by atoms with van der Waals surface area (Å²) >= 11 is 0. The van der Waals surface area contributed by atoms with Gasteiger partial charge in [0.2, 0.25) is 0 Å². The Bertz CT molecular complexity index is 1900. The zero-order valence-corrected chi connectivity index (χ0v) is 50.2. The Balaban J connectivity index is 4.39. The molecule has 9 heteroatoms. The van der Waals surface area contributed by atoms with Crippen LogP contribution < -0.4 is 5.11 Å². The van der Waals surface area contributed by atoms with E-state index in [9.17, 15) is 19.5 Å². The lowest BCUT2D eigenvalue weighted by Crippen LogP contribution is -2.44. The van der Waals surface area contributed by atoms with E-state index in [0.29, 0.717) is 23.9 Å². The van der Waals surface area contributed by atoms with Gasteiger partial charge in [-0.15, -0.1) is 0 Å². The van der Waals surface area contributed by atoms with E-state index in [1.54, 1.807) is 0 Å². The molecule has 0 rings (SSSR count). The highest BCUT2D eigenvalue weighted by molar-refractivity contribution is 5.70. The Morgan fingerprint density at radius 3 is 1.01 bits per heavy atom. The van der Waals surface area contributed by atoms with Crippen LogP contribution in [0.2, 0.25) is 0 Å². The van der Waals surface area contributed by atoms with E-state index in [4.69, 9.17) is 18.9 Å². The molecule has 2 unspecified atom stereocenters. The van der Waals surface area contributed by atoms with Gasteiger partial charge in [0.05, 0.1) is 40.3 Å². The van der Waals surface area contributed by atoms with E-state index < -0.39 is 30.3 Å². The van der Waals surface area contributed by atoms with Crippen LogP contribution in [-0.2, 0) is 33.3 Å². The number of esters is 2. The van der Waals surface area contributed by atoms with Gasteiger partial charge in [-0.1, -0.05) is 223 Å². The molecule has 0 aliphatic carbocycles. The molecule has 0 aromatic heterocycles. The van der Waals surface area contributed by atoms with Crippen LogP contribution >= 0.6 is 0 Å². The van der Waals surface area contributed by atoms with Crippen LogP contribution in [0, 0.1) is 0 Å². The number of likely N-dealkylation sites (N-methyl/N-ethyl adjacent to an activating group) is 1. The van der Waals surface area contributed by atoms with Gasteiger partial charge < -0.3 is 33.3 Å². The van der Waals surface area contributed by atoms with Crippen LogP contribution in [0.1, 0.15) is 194 Å². The number of rotatable bonds is 53.